The van der Waals surface area contributed by atoms with Crippen molar-refractivity contribution in [1.82, 2.24) is 10.6 Å². The van der Waals surface area contributed by atoms with Crippen LogP contribution in [0.1, 0.15) is 45.6 Å². The fraction of sp³-hybridized carbons (Fsp3) is 0.619. The Morgan fingerprint density at radius 3 is 2.46 bits per heavy atom. The monoisotopic (exact) mass is 393 g/mol. The molecule has 0 spiro atoms. The van der Waals surface area contributed by atoms with E-state index in [1.54, 1.807) is 0 Å². The zero-order chi connectivity index (χ0) is 20.6. The molecule has 0 atom stereocenters. The second kappa shape index (κ2) is 14.6. The van der Waals surface area contributed by atoms with Crippen molar-refractivity contribution in [3.8, 4) is 11.5 Å². The number of hydrogen-bond donors (Lipinski definition) is 2. The van der Waals surface area contributed by atoms with Crippen LogP contribution in [0.5, 0.6) is 11.5 Å². The lowest BCUT2D eigenvalue weighted by molar-refractivity contribution is -0.140. The lowest BCUT2D eigenvalue weighted by Gasteiger charge is -2.14. The van der Waals surface area contributed by atoms with Gasteiger partial charge in [-0.25, -0.2) is 0 Å². The van der Waals surface area contributed by atoms with Gasteiger partial charge < -0.3 is 24.8 Å². The van der Waals surface area contributed by atoms with E-state index in [2.05, 4.69) is 26.4 Å². The van der Waals surface area contributed by atoms with Crippen molar-refractivity contribution in [3.05, 3.63) is 23.8 Å². The van der Waals surface area contributed by atoms with Gasteiger partial charge in [-0.15, -0.1) is 0 Å². The Kier molecular flexibility index (Phi) is 12.3. The van der Waals surface area contributed by atoms with E-state index in [-0.39, 0.29) is 5.97 Å². The third kappa shape index (κ3) is 9.48. The van der Waals surface area contributed by atoms with Gasteiger partial charge in [0, 0.05) is 26.1 Å². The number of esters is 1. The number of methoxy groups -OCH3 is 1. The molecule has 0 aliphatic carbocycles. The van der Waals surface area contributed by atoms with Crippen LogP contribution in [-0.4, -0.2) is 51.9 Å². The number of rotatable bonds is 13. The molecule has 0 unspecified atom stereocenters. The third-order valence-electron chi connectivity index (χ3n) is 3.94. The van der Waals surface area contributed by atoms with Crippen LogP contribution in [0.25, 0.3) is 0 Å². The number of nitrogens with zero attached hydrogens (tertiary/aromatic N) is 1. The maximum absolute atomic E-state index is 11.1. The number of benzene rings is 1. The molecule has 0 saturated heterocycles. The van der Waals surface area contributed by atoms with E-state index in [1.165, 1.54) is 12.7 Å². The van der Waals surface area contributed by atoms with Gasteiger partial charge in [0.15, 0.2) is 17.5 Å². The van der Waals surface area contributed by atoms with Crippen molar-refractivity contribution in [1.29, 1.82) is 0 Å². The molecule has 1 aromatic carbocycles. The van der Waals surface area contributed by atoms with Gasteiger partial charge in [0.2, 0.25) is 0 Å². The summed E-state index contributed by atoms with van der Waals surface area (Å²) in [4.78, 5) is 15.7. The summed E-state index contributed by atoms with van der Waals surface area (Å²) in [6.45, 7) is 9.41. The highest BCUT2D eigenvalue weighted by Gasteiger charge is 2.06. The molecule has 7 nitrogen and oxygen atoms in total. The maximum Gasteiger partial charge on any atom is 0.305 e. The lowest BCUT2D eigenvalue weighted by atomic mass is 10.1. The first-order chi connectivity index (χ1) is 13.6. The van der Waals surface area contributed by atoms with Gasteiger partial charge in [-0.3, -0.25) is 9.79 Å². The molecule has 158 valence electrons. The molecule has 0 aliphatic rings. The van der Waals surface area contributed by atoms with Crippen LogP contribution in [0.2, 0.25) is 0 Å². The summed E-state index contributed by atoms with van der Waals surface area (Å²) in [5.41, 5.74) is 1.17. The van der Waals surface area contributed by atoms with Crippen LogP contribution in [-0.2, 0) is 16.0 Å². The molecule has 0 amide bonds. The molecular formula is C21H35N3O4. The van der Waals surface area contributed by atoms with Crippen molar-refractivity contribution in [2.75, 3.05) is 40.0 Å². The Bertz CT molecular complexity index is 605. The molecule has 0 fully saturated rings. The maximum atomic E-state index is 11.1. The molecular weight excluding hydrogens is 358 g/mol. The molecule has 2 N–H and O–H groups in total. The first kappa shape index (κ1) is 23.6. The number of carbonyl (C=O) groups excluding carboxylic acids is 1. The summed E-state index contributed by atoms with van der Waals surface area (Å²) < 4.78 is 15.9. The minimum atomic E-state index is -0.171. The number of nitrogens with one attached hydrogen (secondary N) is 2. The number of guanidine groups is 1. The van der Waals surface area contributed by atoms with Crippen molar-refractivity contribution >= 4 is 11.9 Å². The SMILES string of the molecule is CCNC(=NCCCCC(=O)OC)NCCc1ccc(OCC)c(OCC)c1. The van der Waals surface area contributed by atoms with Gasteiger partial charge >= 0.3 is 5.97 Å². The summed E-state index contributed by atoms with van der Waals surface area (Å²) in [7, 11) is 1.41. The molecule has 0 heterocycles. The number of aliphatic imine (C=N–C) groups is 1. The Labute approximate surface area is 168 Å². The standard InChI is InChI=1S/C21H35N3O4/c1-5-22-21(23-14-9-8-10-20(25)26-4)24-15-13-17-11-12-18(27-6-2)19(16-17)28-7-3/h11-12,16H,5-10,13-15H2,1-4H3,(H2,22,23,24). The zero-order valence-electron chi connectivity index (χ0n) is 17.7. The Hall–Kier alpha value is -2.44. The average Bonchev–Trinajstić information content (AvgIpc) is 2.69. The average molecular weight is 394 g/mol. The second-order valence-corrected chi connectivity index (χ2v) is 6.12. The molecule has 0 aliphatic heterocycles. The quantitative estimate of drug-likeness (QED) is 0.232. The van der Waals surface area contributed by atoms with E-state index in [4.69, 9.17) is 9.47 Å². The molecule has 7 heteroatoms. The Morgan fingerprint density at radius 1 is 1.04 bits per heavy atom. The fourth-order valence-electron chi connectivity index (χ4n) is 2.59. The molecule has 28 heavy (non-hydrogen) atoms. The number of unbranched alkanes of at least 4 members (excludes halogenated alkanes) is 1. The molecule has 1 rings (SSSR count). The highest BCUT2D eigenvalue weighted by molar-refractivity contribution is 5.79. The summed E-state index contributed by atoms with van der Waals surface area (Å²) in [5, 5.41) is 6.59. The predicted octanol–water partition coefficient (Wildman–Crippen LogP) is 2.92. The van der Waals surface area contributed by atoms with Crippen molar-refractivity contribution < 1.29 is 19.0 Å². The molecule has 0 radical (unpaired) electrons. The number of ether oxygens (including phenoxy) is 3. The lowest BCUT2D eigenvalue weighted by Crippen LogP contribution is -2.38. The van der Waals surface area contributed by atoms with Gasteiger partial charge in [0.25, 0.3) is 0 Å². The van der Waals surface area contributed by atoms with E-state index in [0.29, 0.717) is 26.2 Å². The summed E-state index contributed by atoms with van der Waals surface area (Å²) >= 11 is 0. The normalized spacial score (nSPS) is 11.1. The van der Waals surface area contributed by atoms with Crippen LogP contribution in [0.4, 0.5) is 0 Å². The first-order valence-corrected chi connectivity index (χ1v) is 10.1. The highest BCUT2D eigenvalue weighted by atomic mass is 16.5. The molecule has 0 saturated carbocycles. The van der Waals surface area contributed by atoms with Crippen LogP contribution < -0.4 is 20.1 Å². The second-order valence-electron chi connectivity index (χ2n) is 6.12. The first-order valence-electron chi connectivity index (χ1n) is 10.1. The third-order valence-corrected chi connectivity index (χ3v) is 3.94. The van der Waals surface area contributed by atoms with Crippen LogP contribution in [0, 0.1) is 0 Å². The smallest absolute Gasteiger partial charge is 0.305 e. The van der Waals surface area contributed by atoms with Crippen molar-refractivity contribution in [2.24, 2.45) is 4.99 Å². The van der Waals surface area contributed by atoms with Crippen LogP contribution >= 0.6 is 0 Å². The van der Waals surface area contributed by atoms with E-state index < -0.39 is 0 Å². The number of carbonyl (C=O) groups is 1. The van der Waals surface area contributed by atoms with Crippen LogP contribution in [0.3, 0.4) is 0 Å². The minimum Gasteiger partial charge on any atom is -0.490 e. The number of hydrogen-bond acceptors (Lipinski definition) is 5. The topological polar surface area (TPSA) is 81.2 Å². The zero-order valence-corrected chi connectivity index (χ0v) is 17.7. The van der Waals surface area contributed by atoms with Gasteiger partial charge in [0.1, 0.15) is 0 Å². The van der Waals surface area contributed by atoms with Crippen molar-refractivity contribution in [3.63, 3.8) is 0 Å². The van der Waals surface area contributed by atoms with Gasteiger partial charge in [-0.2, -0.15) is 0 Å². The van der Waals surface area contributed by atoms with E-state index in [1.807, 2.05) is 32.9 Å². The van der Waals surface area contributed by atoms with E-state index >= 15 is 0 Å². The Morgan fingerprint density at radius 2 is 1.79 bits per heavy atom. The van der Waals surface area contributed by atoms with E-state index in [0.717, 1.165) is 49.8 Å². The van der Waals surface area contributed by atoms with Crippen LogP contribution in [0.15, 0.2) is 23.2 Å². The largest absolute Gasteiger partial charge is 0.490 e. The molecule has 0 bridgehead atoms. The minimum absolute atomic E-state index is 0.171. The van der Waals surface area contributed by atoms with Gasteiger partial charge in [-0.1, -0.05) is 6.07 Å². The fourth-order valence-corrected chi connectivity index (χ4v) is 2.59. The van der Waals surface area contributed by atoms with Gasteiger partial charge in [0.05, 0.1) is 20.3 Å². The van der Waals surface area contributed by atoms with Gasteiger partial charge in [-0.05, 0) is 57.7 Å². The summed E-state index contributed by atoms with van der Waals surface area (Å²) in [5.74, 6) is 2.18. The van der Waals surface area contributed by atoms with E-state index in [9.17, 15) is 4.79 Å². The summed E-state index contributed by atoms with van der Waals surface area (Å²) in [6.07, 6.45) is 2.92. The predicted molar refractivity (Wildman–Crippen MR) is 112 cm³/mol. The molecule has 0 aromatic heterocycles. The Balaban J connectivity index is 2.49. The summed E-state index contributed by atoms with van der Waals surface area (Å²) in [6, 6.07) is 6.06. The van der Waals surface area contributed by atoms with Crippen molar-refractivity contribution in [2.45, 2.75) is 46.5 Å². The molecule has 1 aromatic rings. The highest BCUT2D eigenvalue weighted by Crippen LogP contribution is 2.28.